The summed E-state index contributed by atoms with van der Waals surface area (Å²) in [5.41, 5.74) is 3.29. The Hall–Kier alpha value is -2.09. The second-order valence-electron chi connectivity index (χ2n) is 4.67. The topological polar surface area (TPSA) is 70.0 Å². The van der Waals surface area contributed by atoms with E-state index in [4.69, 9.17) is 5.73 Å². The van der Waals surface area contributed by atoms with E-state index >= 15 is 0 Å². The van der Waals surface area contributed by atoms with Crippen molar-refractivity contribution < 1.29 is 13.2 Å². The highest BCUT2D eigenvalue weighted by Gasteiger charge is 2.31. The summed E-state index contributed by atoms with van der Waals surface area (Å²) in [5, 5.41) is -0.135. The van der Waals surface area contributed by atoms with Crippen LogP contribution in [-0.2, 0) is 19.8 Å². The highest BCUT2D eigenvalue weighted by atomic mass is 19.4. The van der Waals surface area contributed by atoms with Gasteiger partial charge in [-0.25, -0.2) is 4.79 Å². The number of nitrogens with zero attached hydrogens (tertiary/aromatic N) is 2. The maximum absolute atomic E-state index is 12.7. The molecule has 0 amide bonds. The van der Waals surface area contributed by atoms with Crippen molar-refractivity contribution in [1.82, 2.24) is 9.13 Å². The Labute approximate surface area is 117 Å². The Morgan fingerprint density at radius 3 is 2.48 bits per heavy atom. The van der Waals surface area contributed by atoms with Gasteiger partial charge in [0, 0.05) is 13.6 Å². The zero-order chi connectivity index (χ0) is 15.8. The molecule has 21 heavy (non-hydrogen) atoms. The minimum Gasteiger partial charge on any atom is -0.330 e. The van der Waals surface area contributed by atoms with Gasteiger partial charge in [0.1, 0.15) is 0 Å². The molecule has 0 saturated carbocycles. The van der Waals surface area contributed by atoms with Crippen molar-refractivity contribution in [2.45, 2.75) is 19.1 Å². The summed E-state index contributed by atoms with van der Waals surface area (Å²) in [6.45, 7) is 0.352. The van der Waals surface area contributed by atoms with Gasteiger partial charge in [-0.2, -0.15) is 13.2 Å². The second kappa shape index (κ2) is 5.36. The van der Waals surface area contributed by atoms with Crippen LogP contribution in [0.1, 0.15) is 12.0 Å². The number of rotatable bonds is 3. The molecule has 0 aliphatic rings. The summed E-state index contributed by atoms with van der Waals surface area (Å²) in [6.07, 6.45) is -4.16. The average molecular weight is 301 g/mol. The quantitative estimate of drug-likeness (QED) is 0.922. The van der Waals surface area contributed by atoms with Crippen LogP contribution in [0.15, 0.2) is 27.8 Å². The zero-order valence-corrected chi connectivity index (χ0v) is 11.3. The number of fused-ring (bicyclic) bond motifs is 1. The first-order valence-electron chi connectivity index (χ1n) is 6.28. The lowest BCUT2D eigenvalue weighted by Gasteiger charge is -2.12. The van der Waals surface area contributed by atoms with Gasteiger partial charge >= 0.3 is 11.9 Å². The Morgan fingerprint density at radius 1 is 1.24 bits per heavy atom. The Kier molecular flexibility index (Phi) is 3.91. The Morgan fingerprint density at radius 2 is 1.90 bits per heavy atom. The molecule has 0 unspecified atom stereocenters. The van der Waals surface area contributed by atoms with E-state index in [1.807, 2.05) is 0 Å². The van der Waals surface area contributed by atoms with E-state index < -0.39 is 23.0 Å². The molecule has 0 fully saturated rings. The van der Waals surface area contributed by atoms with Crippen molar-refractivity contribution in [3.8, 4) is 0 Å². The molecular formula is C13H14F3N3O2. The number of halogens is 3. The molecule has 0 saturated heterocycles. The van der Waals surface area contributed by atoms with Gasteiger partial charge in [0.05, 0.1) is 16.5 Å². The number of alkyl halides is 3. The number of hydrogen-bond acceptors (Lipinski definition) is 3. The van der Waals surface area contributed by atoms with Crippen molar-refractivity contribution in [2.24, 2.45) is 12.8 Å². The van der Waals surface area contributed by atoms with Crippen molar-refractivity contribution in [3.05, 3.63) is 44.6 Å². The molecule has 0 aliphatic carbocycles. The molecule has 0 atom stereocenters. The summed E-state index contributed by atoms with van der Waals surface area (Å²) >= 11 is 0. The monoisotopic (exact) mass is 301 g/mol. The van der Waals surface area contributed by atoms with Crippen LogP contribution in [-0.4, -0.2) is 15.7 Å². The van der Waals surface area contributed by atoms with Gasteiger partial charge in [0.15, 0.2) is 0 Å². The van der Waals surface area contributed by atoms with E-state index in [0.717, 1.165) is 27.3 Å². The summed E-state index contributed by atoms with van der Waals surface area (Å²) < 4.78 is 40.3. The molecule has 114 valence electrons. The van der Waals surface area contributed by atoms with Crippen LogP contribution in [0.2, 0.25) is 0 Å². The van der Waals surface area contributed by atoms with Crippen LogP contribution in [0.25, 0.3) is 10.9 Å². The van der Waals surface area contributed by atoms with Crippen molar-refractivity contribution in [1.29, 1.82) is 0 Å². The first-order chi connectivity index (χ1) is 9.77. The number of nitrogens with two attached hydrogens (primary N) is 1. The lowest BCUT2D eigenvalue weighted by molar-refractivity contribution is -0.137. The van der Waals surface area contributed by atoms with E-state index in [9.17, 15) is 22.8 Å². The molecule has 2 aromatic rings. The zero-order valence-electron chi connectivity index (χ0n) is 11.3. The molecule has 1 aromatic carbocycles. The summed E-state index contributed by atoms with van der Waals surface area (Å²) in [4.78, 5) is 24.3. The lowest BCUT2D eigenvalue weighted by Crippen LogP contribution is -2.39. The molecule has 0 spiro atoms. The SMILES string of the molecule is Cn1c(=O)n(CCCN)c(=O)c2cc(C(F)(F)F)ccc21. The van der Waals surface area contributed by atoms with Gasteiger partial charge in [-0.1, -0.05) is 0 Å². The molecule has 8 heteroatoms. The molecule has 1 heterocycles. The van der Waals surface area contributed by atoms with Crippen molar-refractivity contribution >= 4 is 10.9 Å². The fourth-order valence-corrected chi connectivity index (χ4v) is 2.14. The third kappa shape index (κ3) is 2.71. The first-order valence-corrected chi connectivity index (χ1v) is 6.28. The Balaban J connectivity index is 2.79. The molecule has 0 aliphatic heterocycles. The van der Waals surface area contributed by atoms with Gasteiger partial charge in [0.25, 0.3) is 5.56 Å². The fraction of sp³-hybridized carbons (Fsp3) is 0.385. The molecule has 1 aromatic heterocycles. The van der Waals surface area contributed by atoms with E-state index in [1.54, 1.807) is 0 Å². The number of hydrogen-bond donors (Lipinski definition) is 1. The normalized spacial score (nSPS) is 12.0. The smallest absolute Gasteiger partial charge is 0.330 e. The van der Waals surface area contributed by atoms with Crippen LogP contribution in [0.5, 0.6) is 0 Å². The molecule has 0 radical (unpaired) electrons. The van der Waals surface area contributed by atoms with E-state index in [2.05, 4.69) is 0 Å². The van der Waals surface area contributed by atoms with Gasteiger partial charge in [-0.15, -0.1) is 0 Å². The van der Waals surface area contributed by atoms with Gasteiger partial charge in [-0.3, -0.25) is 13.9 Å². The van der Waals surface area contributed by atoms with Crippen LogP contribution < -0.4 is 17.0 Å². The maximum atomic E-state index is 12.7. The first kappa shape index (κ1) is 15.3. The number of aryl methyl sites for hydroxylation is 1. The number of aromatic nitrogens is 2. The van der Waals surface area contributed by atoms with Gasteiger partial charge in [-0.05, 0) is 31.2 Å². The largest absolute Gasteiger partial charge is 0.416 e. The minimum absolute atomic E-state index is 0.0776. The van der Waals surface area contributed by atoms with Crippen LogP contribution in [0, 0.1) is 0 Å². The van der Waals surface area contributed by atoms with Crippen molar-refractivity contribution in [3.63, 3.8) is 0 Å². The van der Waals surface area contributed by atoms with Crippen molar-refractivity contribution in [2.75, 3.05) is 6.54 Å². The van der Waals surface area contributed by atoms with E-state index in [0.29, 0.717) is 6.42 Å². The van der Waals surface area contributed by atoms with Crippen LogP contribution in [0.3, 0.4) is 0 Å². The van der Waals surface area contributed by atoms with Crippen LogP contribution in [0.4, 0.5) is 13.2 Å². The van der Waals surface area contributed by atoms with E-state index in [-0.39, 0.29) is 24.0 Å². The van der Waals surface area contributed by atoms with Gasteiger partial charge < -0.3 is 5.73 Å². The highest BCUT2D eigenvalue weighted by Crippen LogP contribution is 2.30. The predicted octanol–water partition coefficient (Wildman–Crippen LogP) is 1.07. The third-order valence-electron chi connectivity index (χ3n) is 3.26. The molecule has 5 nitrogen and oxygen atoms in total. The third-order valence-corrected chi connectivity index (χ3v) is 3.26. The summed E-state index contributed by atoms with van der Waals surface area (Å²) in [6, 6.07) is 2.76. The molecular weight excluding hydrogens is 287 g/mol. The average Bonchev–Trinajstić information content (AvgIpc) is 2.43. The fourth-order valence-electron chi connectivity index (χ4n) is 2.14. The minimum atomic E-state index is -4.54. The standard InChI is InChI=1S/C13H14F3N3O2/c1-18-10-4-3-8(13(14,15)16)7-9(10)11(20)19(12(18)21)6-2-5-17/h3-4,7H,2,5-6,17H2,1H3. The lowest BCUT2D eigenvalue weighted by atomic mass is 10.1. The maximum Gasteiger partial charge on any atom is 0.416 e. The molecule has 2 N–H and O–H groups in total. The highest BCUT2D eigenvalue weighted by molar-refractivity contribution is 5.78. The molecule has 0 bridgehead atoms. The second-order valence-corrected chi connectivity index (χ2v) is 4.67. The number of benzene rings is 1. The Bertz CT molecular complexity index is 790. The summed E-state index contributed by atoms with van der Waals surface area (Å²) in [7, 11) is 1.41. The predicted molar refractivity (Wildman–Crippen MR) is 72.1 cm³/mol. The van der Waals surface area contributed by atoms with E-state index in [1.165, 1.54) is 7.05 Å². The molecule has 2 rings (SSSR count). The van der Waals surface area contributed by atoms with Crippen LogP contribution >= 0.6 is 0 Å². The summed E-state index contributed by atoms with van der Waals surface area (Å²) in [5.74, 6) is 0. The van der Waals surface area contributed by atoms with Gasteiger partial charge in [0.2, 0.25) is 0 Å².